The van der Waals surface area contributed by atoms with Gasteiger partial charge in [-0.3, -0.25) is 9.48 Å². The zero-order valence-electron chi connectivity index (χ0n) is 15.1. The minimum absolute atomic E-state index is 0.128. The number of carbonyl (C=O) groups excluding carboxylic acids is 1. The Bertz CT molecular complexity index is 702. The first-order chi connectivity index (χ1) is 12.1. The third-order valence-corrected chi connectivity index (χ3v) is 4.99. The van der Waals surface area contributed by atoms with Crippen LogP contribution in [0.2, 0.25) is 0 Å². The van der Waals surface area contributed by atoms with Gasteiger partial charge in [0.15, 0.2) is 0 Å². The zero-order chi connectivity index (χ0) is 17.8. The highest BCUT2D eigenvalue weighted by Gasteiger charge is 2.29. The lowest BCUT2D eigenvalue weighted by atomic mass is 9.89. The van der Waals surface area contributed by atoms with Gasteiger partial charge in [-0.1, -0.05) is 12.1 Å². The highest BCUT2D eigenvalue weighted by Crippen LogP contribution is 2.30. The summed E-state index contributed by atoms with van der Waals surface area (Å²) in [5.74, 6) is 1.51. The average Bonchev–Trinajstić information content (AvgIpc) is 3.08. The predicted molar refractivity (Wildman–Crippen MR) is 96.6 cm³/mol. The van der Waals surface area contributed by atoms with Gasteiger partial charge in [0.25, 0.3) is 0 Å². The lowest BCUT2D eigenvalue weighted by Gasteiger charge is -2.34. The van der Waals surface area contributed by atoms with Crippen LogP contribution in [0.3, 0.4) is 0 Å². The summed E-state index contributed by atoms with van der Waals surface area (Å²) in [6, 6.07) is 7.95. The maximum Gasteiger partial charge on any atom is 0.244 e. The van der Waals surface area contributed by atoms with Crippen LogP contribution < -0.4 is 10.1 Å². The third-order valence-electron chi connectivity index (χ3n) is 4.99. The fourth-order valence-electron chi connectivity index (χ4n) is 3.51. The summed E-state index contributed by atoms with van der Waals surface area (Å²) in [4.78, 5) is 14.8. The monoisotopic (exact) mass is 342 g/mol. The number of aromatic nitrogens is 2. The number of carbonyl (C=O) groups is 1. The Labute approximate surface area is 148 Å². The summed E-state index contributed by atoms with van der Waals surface area (Å²) in [5, 5.41) is 7.30. The minimum Gasteiger partial charge on any atom is -0.497 e. The fraction of sp³-hybridized carbons (Fsp3) is 0.474. The van der Waals surface area contributed by atoms with Crippen LogP contribution in [-0.2, 0) is 11.8 Å². The Morgan fingerprint density at radius 1 is 1.28 bits per heavy atom. The van der Waals surface area contributed by atoms with Crippen LogP contribution in [0.5, 0.6) is 5.75 Å². The van der Waals surface area contributed by atoms with E-state index in [2.05, 4.69) is 22.5 Å². The molecular weight excluding hydrogens is 316 g/mol. The lowest BCUT2D eigenvalue weighted by molar-refractivity contribution is -0.134. The smallest absolute Gasteiger partial charge is 0.244 e. The van der Waals surface area contributed by atoms with Crippen LogP contribution in [-0.4, -0.2) is 47.8 Å². The SMILES string of the molecule is CNC(C(=O)N1CCC(c2ccc(OC)cc2)CC1)c1cnn(C)c1. The number of aryl methyl sites for hydroxylation is 1. The van der Waals surface area contributed by atoms with Crippen LogP contribution >= 0.6 is 0 Å². The lowest BCUT2D eigenvalue weighted by Crippen LogP contribution is -2.43. The molecule has 2 aromatic rings. The first-order valence-electron chi connectivity index (χ1n) is 8.71. The molecular formula is C19H26N4O2. The highest BCUT2D eigenvalue weighted by atomic mass is 16.5. The van der Waals surface area contributed by atoms with Crippen molar-refractivity contribution in [2.24, 2.45) is 7.05 Å². The van der Waals surface area contributed by atoms with E-state index in [1.165, 1.54) is 5.56 Å². The molecule has 1 N–H and O–H groups in total. The minimum atomic E-state index is -0.328. The van der Waals surface area contributed by atoms with Crippen LogP contribution in [0.1, 0.15) is 35.9 Å². The number of benzene rings is 1. The van der Waals surface area contributed by atoms with Gasteiger partial charge >= 0.3 is 0 Å². The maximum absolute atomic E-state index is 12.9. The molecule has 0 bridgehead atoms. The van der Waals surface area contributed by atoms with Gasteiger partial charge in [-0.2, -0.15) is 5.10 Å². The second-order valence-corrected chi connectivity index (χ2v) is 6.54. The largest absolute Gasteiger partial charge is 0.497 e. The molecule has 0 saturated carbocycles. The van der Waals surface area contributed by atoms with Crippen molar-refractivity contribution in [1.29, 1.82) is 0 Å². The summed E-state index contributed by atoms with van der Waals surface area (Å²) in [7, 11) is 5.36. The number of ether oxygens (including phenoxy) is 1. The highest BCUT2D eigenvalue weighted by molar-refractivity contribution is 5.83. The first-order valence-corrected chi connectivity index (χ1v) is 8.71. The summed E-state index contributed by atoms with van der Waals surface area (Å²) in [6.07, 6.45) is 5.62. The van der Waals surface area contributed by atoms with E-state index in [0.717, 1.165) is 37.2 Å². The van der Waals surface area contributed by atoms with Crippen LogP contribution in [0.25, 0.3) is 0 Å². The van der Waals surface area contributed by atoms with Gasteiger partial charge in [0.2, 0.25) is 5.91 Å². The summed E-state index contributed by atoms with van der Waals surface area (Å²) >= 11 is 0. The molecule has 2 heterocycles. The van der Waals surface area contributed by atoms with Gasteiger partial charge < -0.3 is 15.0 Å². The molecule has 1 aliphatic rings. The summed E-state index contributed by atoms with van der Waals surface area (Å²) < 4.78 is 6.95. The van der Waals surface area contributed by atoms with Crippen LogP contribution in [0.4, 0.5) is 0 Å². The van der Waals surface area contributed by atoms with Crippen molar-refractivity contribution in [3.05, 3.63) is 47.8 Å². The van der Waals surface area contributed by atoms with Crippen molar-refractivity contribution >= 4 is 5.91 Å². The number of hydrogen-bond acceptors (Lipinski definition) is 4. The molecule has 134 valence electrons. The van der Waals surface area contributed by atoms with E-state index in [1.807, 2.05) is 37.3 Å². The van der Waals surface area contributed by atoms with E-state index in [0.29, 0.717) is 5.92 Å². The molecule has 1 aliphatic heterocycles. The first kappa shape index (κ1) is 17.5. The number of piperidine rings is 1. The van der Waals surface area contributed by atoms with Crippen molar-refractivity contribution < 1.29 is 9.53 Å². The molecule has 0 spiro atoms. The quantitative estimate of drug-likeness (QED) is 0.904. The number of likely N-dealkylation sites (N-methyl/N-ethyl adjacent to an activating group) is 1. The maximum atomic E-state index is 12.9. The van der Waals surface area contributed by atoms with Crippen molar-refractivity contribution in [2.75, 3.05) is 27.2 Å². The predicted octanol–water partition coefficient (Wildman–Crippen LogP) is 2.10. The second kappa shape index (κ2) is 7.70. The number of nitrogens with zero attached hydrogens (tertiary/aromatic N) is 3. The number of hydrogen-bond donors (Lipinski definition) is 1. The average molecular weight is 342 g/mol. The molecule has 25 heavy (non-hydrogen) atoms. The number of likely N-dealkylation sites (tertiary alicyclic amines) is 1. The molecule has 0 radical (unpaired) electrons. The van der Waals surface area contributed by atoms with E-state index < -0.39 is 0 Å². The van der Waals surface area contributed by atoms with Gasteiger partial charge in [-0.05, 0) is 43.5 Å². The molecule has 6 nitrogen and oxygen atoms in total. The van der Waals surface area contributed by atoms with E-state index in [-0.39, 0.29) is 11.9 Å². The molecule has 1 atom stereocenters. The molecule has 1 saturated heterocycles. The zero-order valence-corrected chi connectivity index (χ0v) is 15.1. The van der Waals surface area contributed by atoms with Gasteiger partial charge in [0.05, 0.1) is 13.3 Å². The Balaban J connectivity index is 1.61. The van der Waals surface area contributed by atoms with Gasteiger partial charge in [0.1, 0.15) is 11.8 Å². The molecule has 3 rings (SSSR count). The van der Waals surface area contributed by atoms with Gasteiger partial charge in [0, 0.05) is 31.9 Å². The molecule has 6 heteroatoms. The Hall–Kier alpha value is -2.34. The molecule has 1 unspecified atom stereocenters. The van der Waals surface area contributed by atoms with Crippen molar-refractivity contribution in [3.8, 4) is 5.75 Å². The Morgan fingerprint density at radius 3 is 2.48 bits per heavy atom. The van der Waals surface area contributed by atoms with E-state index in [1.54, 1.807) is 18.0 Å². The van der Waals surface area contributed by atoms with Gasteiger partial charge in [-0.25, -0.2) is 0 Å². The van der Waals surface area contributed by atoms with Gasteiger partial charge in [-0.15, -0.1) is 0 Å². The molecule has 1 aromatic carbocycles. The van der Waals surface area contributed by atoms with Crippen molar-refractivity contribution in [1.82, 2.24) is 20.0 Å². The number of rotatable bonds is 5. The number of nitrogens with one attached hydrogen (secondary N) is 1. The van der Waals surface area contributed by atoms with Crippen molar-refractivity contribution in [2.45, 2.75) is 24.8 Å². The molecule has 1 aromatic heterocycles. The van der Waals surface area contributed by atoms with Crippen molar-refractivity contribution in [3.63, 3.8) is 0 Å². The number of methoxy groups -OCH3 is 1. The Kier molecular flexibility index (Phi) is 5.38. The fourth-order valence-corrected chi connectivity index (χ4v) is 3.51. The molecule has 0 aliphatic carbocycles. The summed E-state index contributed by atoms with van der Waals surface area (Å²) in [6.45, 7) is 1.57. The standard InChI is InChI=1S/C19H26N4O2/c1-20-18(16-12-21-22(2)13-16)19(24)23-10-8-15(9-11-23)14-4-6-17(25-3)7-5-14/h4-7,12-13,15,18,20H,8-11H2,1-3H3. The summed E-state index contributed by atoms with van der Waals surface area (Å²) in [5.41, 5.74) is 2.23. The van der Waals surface area contributed by atoms with E-state index >= 15 is 0 Å². The second-order valence-electron chi connectivity index (χ2n) is 6.54. The van der Waals surface area contributed by atoms with E-state index in [9.17, 15) is 4.79 Å². The molecule has 1 fully saturated rings. The van der Waals surface area contributed by atoms with E-state index in [4.69, 9.17) is 4.74 Å². The number of amides is 1. The Morgan fingerprint density at radius 2 is 1.96 bits per heavy atom. The molecule has 1 amide bonds. The third kappa shape index (κ3) is 3.85. The topological polar surface area (TPSA) is 59.4 Å². The normalized spacial score (nSPS) is 16.7. The van der Waals surface area contributed by atoms with Crippen LogP contribution in [0.15, 0.2) is 36.7 Å². The van der Waals surface area contributed by atoms with Crippen LogP contribution in [0, 0.1) is 0 Å².